The van der Waals surface area contributed by atoms with Crippen molar-refractivity contribution in [2.45, 2.75) is 11.8 Å². The molecule has 0 saturated carbocycles. The Hall–Kier alpha value is -1.66. The minimum atomic E-state index is -3.36. The molecule has 1 aliphatic rings. The quantitative estimate of drug-likeness (QED) is 0.680. The van der Waals surface area contributed by atoms with E-state index in [9.17, 15) is 8.42 Å². The van der Waals surface area contributed by atoms with Crippen LogP contribution in [-0.2, 0) is 10.0 Å². The van der Waals surface area contributed by atoms with Gasteiger partial charge in [-0.15, -0.1) is 0 Å². The molecule has 1 aliphatic heterocycles. The van der Waals surface area contributed by atoms with Crippen molar-refractivity contribution in [3.8, 4) is 0 Å². The van der Waals surface area contributed by atoms with Gasteiger partial charge in [0.25, 0.3) is 0 Å². The second-order valence-corrected chi connectivity index (χ2v) is 8.42. The second kappa shape index (κ2) is 9.33. The van der Waals surface area contributed by atoms with Gasteiger partial charge in [-0.25, -0.2) is 8.42 Å². The largest absolute Gasteiger partial charge is 1.00 e. The predicted octanol–water partition coefficient (Wildman–Crippen LogP) is -1.40. The van der Waals surface area contributed by atoms with Gasteiger partial charge in [-0.2, -0.15) is 4.31 Å². The van der Waals surface area contributed by atoms with Crippen LogP contribution < -0.4 is 17.3 Å². The minimum Gasteiger partial charge on any atom is -1.00 e. The van der Waals surface area contributed by atoms with E-state index >= 15 is 0 Å². The molecule has 4 nitrogen and oxygen atoms in total. The molecule has 2 aromatic carbocycles. The predicted molar refractivity (Wildman–Crippen MR) is 101 cm³/mol. The third-order valence-electron chi connectivity index (χ3n) is 4.60. The van der Waals surface area contributed by atoms with Gasteiger partial charge >= 0.3 is 0 Å². The highest BCUT2D eigenvalue weighted by Gasteiger charge is 2.29. The highest BCUT2D eigenvalue weighted by molar-refractivity contribution is 7.89. The van der Waals surface area contributed by atoms with Crippen molar-refractivity contribution in [1.29, 1.82) is 0 Å². The van der Waals surface area contributed by atoms with Crippen LogP contribution >= 0.6 is 0 Å². The lowest BCUT2D eigenvalue weighted by Crippen LogP contribution is -3.14. The Kier molecular flexibility index (Phi) is 7.41. The molecule has 1 heterocycles. The van der Waals surface area contributed by atoms with E-state index in [1.54, 1.807) is 16.4 Å². The molecule has 1 fully saturated rings. The van der Waals surface area contributed by atoms with Crippen molar-refractivity contribution >= 4 is 16.1 Å². The summed E-state index contributed by atoms with van der Waals surface area (Å²) in [5.74, 6) is 0. The Morgan fingerprint density at radius 3 is 2.23 bits per heavy atom. The fourth-order valence-electron chi connectivity index (χ4n) is 3.03. The molecule has 26 heavy (non-hydrogen) atoms. The highest BCUT2D eigenvalue weighted by Crippen LogP contribution is 2.16. The average Bonchev–Trinajstić information content (AvgIpc) is 2.63. The monoisotopic (exact) mass is 392 g/mol. The van der Waals surface area contributed by atoms with E-state index in [0.717, 1.165) is 25.2 Å². The molecule has 2 aromatic rings. The van der Waals surface area contributed by atoms with Crippen LogP contribution in [0.4, 0.5) is 0 Å². The summed E-state index contributed by atoms with van der Waals surface area (Å²) in [6, 6.07) is 17.3. The molecule has 1 N–H and O–H groups in total. The maximum atomic E-state index is 12.7. The van der Waals surface area contributed by atoms with Crippen LogP contribution in [0.25, 0.3) is 6.08 Å². The number of benzene rings is 2. The average molecular weight is 393 g/mol. The summed E-state index contributed by atoms with van der Waals surface area (Å²) < 4.78 is 27.0. The fourth-order valence-corrected chi connectivity index (χ4v) is 4.47. The molecule has 0 aliphatic carbocycles. The first-order valence-electron chi connectivity index (χ1n) is 8.68. The molecular weight excluding hydrogens is 368 g/mol. The first kappa shape index (κ1) is 20.6. The molecule has 0 unspecified atom stereocenters. The van der Waals surface area contributed by atoms with Gasteiger partial charge in [0.2, 0.25) is 10.0 Å². The Labute approximate surface area is 162 Å². The molecular formula is C20H25ClN2O2S. The van der Waals surface area contributed by atoms with E-state index in [2.05, 4.69) is 24.3 Å². The molecule has 3 rings (SSSR count). The summed E-state index contributed by atoms with van der Waals surface area (Å²) in [4.78, 5) is 1.81. The lowest BCUT2D eigenvalue weighted by molar-refractivity contribution is -0.897. The van der Waals surface area contributed by atoms with Crippen molar-refractivity contribution in [3.63, 3.8) is 0 Å². The van der Waals surface area contributed by atoms with E-state index in [4.69, 9.17) is 0 Å². The molecule has 0 aromatic heterocycles. The zero-order valence-corrected chi connectivity index (χ0v) is 16.5. The molecule has 0 bridgehead atoms. The summed E-state index contributed by atoms with van der Waals surface area (Å²) in [5.41, 5.74) is 2.26. The van der Waals surface area contributed by atoms with Crippen molar-refractivity contribution in [2.75, 3.05) is 32.7 Å². The molecule has 140 valence electrons. The smallest absolute Gasteiger partial charge is 0.243 e. The third-order valence-corrected chi connectivity index (χ3v) is 6.52. The molecule has 6 heteroatoms. The number of halogens is 1. The van der Waals surface area contributed by atoms with Crippen molar-refractivity contribution in [2.24, 2.45) is 0 Å². The first-order chi connectivity index (χ1) is 12.1. The van der Waals surface area contributed by atoms with Crippen molar-refractivity contribution in [1.82, 2.24) is 4.31 Å². The standard InChI is InChI=1S/C20H24N2O2S.ClH/c1-18-9-11-20(12-10-18)25(23,24)22-16-14-21(15-17-22)13-5-8-19-6-3-2-4-7-19;/h2-12H,13-17H2,1H3;1H. The summed E-state index contributed by atoms with van der Waals surface area (Å²) >= 11 is 0. The number of quaternary nitrogens is 1. The number of nitrogens with one attached hydrogen (secondary N) is 1. The molecule has 0 amide bonds. The SMILES string of the molecule is Cc1ccc(S(=O)(=O)N2CC[NH+](CC=Cc3ccccc3)CC2)cc1.[Cl-]. The van der Waals surface area contributed by atoms with E-state index in [1.165, 1.54) is 10.5 Å². The van der Waals surface area contributed by atoms with Crippen molar-refractivity contribution in [3.05, 3.63) is 71.8 Å². The highest BCUT2D eigenvalue weighted by atomic mass is 35.5. The normalized spacial score (nSPS) is 16.5. The van der Waals surface area contributed by atoms with Crippen LogP contribution in [0.2, 0.25) is 0 Å². The van der Waals surface area contributed by atoms with Gasteiger partial charge in [0.15, 0.2) is 0 Å². The second-order valence-electron chi connectivity index (χ2n) is 6.48. The Balaban J connectivity index is 0.00000243. The lowest BCUT2D eigenvalue weighted by Gasteiger charge is -2.31. The van der Waals surface area contributed by atoms with E-state index in [0.29, 0.717) is 18.0 Å². The van der Waals surface area contributed by atoms with Gasteiger partial charge in [0.05, 0.1) is 37.6 Å². The maximum absolute atomic E-state index is 12.7. The Morgan fingerprint density at radius 2 is 1.62 bits per heavy atom. The van der Waals surface area contributed by atoms with E-state index in [-0.39, 0.29) is 12.4 Å². The van der Waals surface area contributed by atoms with Crippen LogP contribution in [0.15, 0.2) is 65.6 Å². The molecule has 1 saturated heterocycles. The zero-order chi connectivity index (χ0) is 17.7. The lowest BCUT2D eigenvalue weighted by atomic mass is 10.2. The summed E-state index contributed by atoms with van der Waals surface area (Å²) in [7, 11) is -3.36. The van der Waals surface area contributed by atoms with Gasteiger partial charge in [-0.1, -0.05) is 54.1 Å². The number of sulfonamides is 1. The molecule has 0 spiro atoms. The van der Waals surface area contributed by atoms with Crippen LogP contribution in [0.5, 0.6) is 0 Å². The molecule has 0 radical (unpaired) electrons. The Morgan fingerprint density at radius 1 is 1.00 bits per heavy atom. The number of nitrogens with zero attached hydrogens (tertiary/aromatic N) is 1. The summed E-state index contributed by atoms with van der Waals surface area (Å²) in [6.07, 6.45) is 4.30. The number of aryl methyl sites for hydroxylation is 1. The Bertz CT molecular complexity index is 813. The van der Waals surface area contributed by atoms with Crippen molar-refractivity contribution < 1.29 is 25.7 Å². The number of rotatable bonds is 5. The van der Waals surface area contributed by atoms with Crippen LogP contribution in [0.1, 0.15) is 11.1 Å². The van der Waals surface area contributed by atoms with Gasteiger partial charge in [0, 0.05) is 0 Å². The third kappa shape index (κ3) is 5.17. The van der Waals surface area contributed by atoms with Crippen LogP contribution in [-0.4, -0.2) is 45.4 Å². The fraction of sp³-hybridized carbons (Fsp3) is 0.300. The summed E-state index contributed by atoms with van der Waals surface area (Å²) in [5, 5.41) is 0. The van der Waals surface area contributed by atoms with Gasteiger partial charge in [-0.3, -0.25) is 0 Å². The first-order valence-corrected chi connectivity index (χ1v) is 10.1. The molecule has 0 atom stereocenters. The minimum absolute atomic E-state index is 0. The summed E-state index contributed by atoms with van der Waals surface area (Å²) in [6.45, 7) is 5.71. The van der Waals surface area contributed by atoms with Gasteiger partial charge in [0.1, 0.15) is 0 Å². The van der Waals surface area contributed by atoms with Gasteiger partial charge < -0.3 is 17.3 Å². The van der Waals surface area contributed by atoms with Gasteiger partial charge in [-0.05, 0) is 30.7 Å². The van der Waals surface area contributed by atoms with E-state index < -0.39 is 10.0 Å². The number of hydrogen-bond donors (Lipinski definition) is 1. The number of hydrogen-bond acceptors (Lipinski definition) is 2. The van der Waals surface area contributed by atoms with Crippen LogP contribution in [0, 0.1) is 6.92 Å². The topological polar surface area (TPSA) is 41.8 Å². The van der Waals surface area contributed by atoms with Crippen LogP contribution in [0.3, 0.4) is 0 Å². The van der Waals surface area contributed by atoms with E-state index in [1.807, 2.05) is 37.3 Å². The maximum Gasteiger partial charge on any atom is 0.243 e. The number of piperazine rings is 1. The zero-order valence-electron chi connectivity index (χ0n) is 14.9.